The van der Waals surface area contributed by atoms with Crippen molar-refractivity contribution in [2.75, 3.05) is 30.4 Å². The lowest BCUT2D eigenvalue weighted by atomic mass is 9.83. The Hall–Kier alpha value is -2.21. The third-order valence-electron chi connectivity index (χ3n) is 8.49. The predicted octanol–water partition coefficient (Wildman–Crippen LogP) is 4.98. The number of anilines is 2. The molecule has 1 saturated heterocycles. The number of nitrogens with one attached hydrogen (secondary N) is 2. The number of imidazole rings is 1. The Morgan fingerprint density at radius 2 is 1.84 bits per heavy atom. The number of fused-ring (bicyclic) bond motifs is 1. The van der Waals surface area contributed by atoms with E-state index in [1.807, 2.05) is 4.57 Å². The number of halogens is 4. The van der Waals surface area contributed by atoms with Crippen molar-refractivity contribution in [3.8, 4) is 0 Å². The summed E-state index contributed by atoms with van der Waals surface area (Å²) >= 11 is 0. The van der Waals surface area contributed by atoms with Crippen LogP contribution in [0, 0.1) is 11.8 Å². The lowest BCUT2D eigenvalue weighted by molar-refractivity contribution is -0.199. The van der Waals surface area contributed by atoms with Crippen molar-refractivity contribution in [1.29, 1.82) is 0 Å². The molecule has 12 heteroatoms. The highest BCUT2D eigenvalue weighted by atomic mass is 19.4. The molecule has 206 valence electrons. The maximum atomic E-state index is 15.1. The molecule has 0 amide bonds. The van der Waals surface area contributed by atoms with Crippen LogP contribution in [0.2, 0.25) is 0 Å². The molecule has 2 aromatic rings. The highest BCUT2D eigenvalue weighted by Crippen LogP contribution is 2.41. The zero-order valence-corrected chi connectivity index (χ0v) is 21.2. The normalized spacial score (nSPS) is 30.8. The molecule has 3 atom stereocenters. The van der Waals surface area contributed by atoms with Gasteiger partial charge in [0.1, 0.15) is 11.7 Å². The quantitative estimate of drug-likeness (QED) is 0.456. The fourth-order valence-corrected chi connectivity index (χ4v) is 6.07. The highest BCUT2D eigenvalue weighted by molar-refractivity contribution is 5.75. The van der Waals surface area contributed by atoms with Crippen molar-refractivity contribution in [2.24, 2.45) is 17.6 Å². The van der Waals surface area contributed by atoms with E-state index in [-0.39, 0.29) is 18.0 Å². The maximum absolute atomic E-state index is 15.1. The fraction of sp³-hybridized carbons (Fsp3) is 0.800. The van der Waals surface area contributed by atoms with E-state index in [2.05, 4.69) is 27.5 Å². The Labute approximate surface area is 214 Å². The van der Waals surface area contributed by atoms with Gasteiger partial charge in [-0.2, -0.15) is 18.2 Å². The number of nitrogens with zero attached hydrogens (tertiary/aromatic N) is 4. The molecule has 37 heavy (non-hydrogen) atoms. The van der Waals surface area contributed by atoms with Gasteiger partial charge in [0.05, 0.1) is 18.2 Å². The van der Waals surface area contributed by atoms with Crippen molar-refractivity contribution >= 4 is 23.1 Å². The molecule has 3 unspecified atom stereocenters. The van der Waals surface area contributed by atoms with E-state index in [1.54, 1.807) is 6.20 Å². The molecule has 3 aliphatic rings. The van der Waals surface area contributed by atoms with Gasteiger partial charge in [0, 0.05) is 24.8 Å². The molecule has 1 aliphatic heterocycles. The zero-order valence-electron chi connectivity index (χ0n) is 21.2. The van der Waals surface area contributed by atoms with Crippen LogP contribution in [-0.2, 0) is 4.74 Å². The van der Waals surface area contributed by atoms with Gasteiger partial charge >= 0.3 is 6.18 Å². The predicted molar refractivity (Wildman–Crippen MR) is 133 cm³/mol. The standard InChI is InChI=1S/C25H37F4N7O/c1-24(9-11-37-12-10-24)35-22-31-14-19-21(34-22)36(16-7-5-15(13-30)6-8-16)23(33-19)32-18-4-2-3-17(20(18)26)25(27,28)29/h14-18,20H,2-13,30H2,1H3,(H,32,33)(H,31,34,35). The molecule has 3 fully saturated rings. The van der Waals surface area contributed by atoms with Crippen molar-refractivity contribution in [2.45, 2.75) is 94.7 Å². The minimum Gasteiger partial charge on any atom is -0.381 e. The average molecular weight is 528 g/mol. The number of hydrogen-bond acceptors (Lipinski definition) is 7. The Kier molecular flexibility index (Phi) is 7.50. The van der Waals surface area contributed by atoms with Crippen LogP contribution in [0.25, 0.3) is 11.2 Å². The first-order chi connectivity index (χ1) is 17.7. The second kappa shape index (κ2) is 10.5. The van der Waals surface area contributed by atoms with E-state index in [0.717, 1.165) is 38.5 Å². The molecule has 3 heterocycles. The van der Waals surface area contributed by atoms with Crippen LogP contribution in [-0.4, -0.2) is 63.2 Å². The Morgan fingerprint density at radius 1 is 1.11 bits per heavy atom. The summed E-state index contributed by atoms with van der Waals surface area (Å²) in [7, 11) is 0. The molecule has 2 aliphatic carbocycles. The van der Waals surface area contributed by atoms with E-state index in [9.17, 15) is 13.2 Å². The lowest BCUT2D eigenvalue weighted by Crippen LogP contribution is -2.46. The monoisotopic (exact) mass is 527 g/mol. The summed E-state index contributed by atoms with van der Waals surface area (Å²) in [5.74, 6) is -0.680. The summed E-state index contributed by atoms with van der Waals surface area (Å²) in [6.07, 6.45) is 0.693. The smallest absolute Gasteiger partial charge is 0.381 e. The van der Waals surface area contributed by atoms with Gasteiger partial charge in [0.25, 0.3) is 0 Å². The van der Waals surface area contributed by atoms with Gasteiger partial charge in [0.15, 0.2) is 5.65 Å². The van der Waals surface area contributed by atoms with Crippen LogP contribution in [0.3, 0.4) is 0 Å². The number of aromatic nitrogens is 4. The molecule has 4 N–H and O–H groups in total. The fourth-order valence-electron chi connectivity index (χ4n) is 6.07. The third kappa shape index (κ3) is 5.64. The number of hydrogen-bond donors (Lipinski definition) is 3. The van der Waals surface area contributed by atoms with Crippen molar-refractivity contribution in [1.82, 2.24) is 19.5 Å². The van der Waals surface area contributed by atoms with Crippen LogP contribution >= 0.6 is 0 Å². The van der Waals surface area contributed by atoms with E-state index in [4.69, 9.17) is 15.5 Å². The second-order valence-electron chi connectivity index (χ2n) is 11.2. The van der Waals surface area contributed by atoms with Crippen molar-refractivity contribution in [3.63, 3.8) is 0 Å². The van der Waals surface area contributed by atoms with Gasteiger partial charge in [-0.25, -0.2) is 14.4 Å². The maximum Gasteiger partial charge on any atom is 0.394 e. The van der Waals surface area contributed by atoms with Gasteiger partial charge in [0.2, 0.25) is 11.9 Å². The second-order valence-corrected chi connectivity index (χ2v) is 11.2. The molecule has 0 spiro atoms. The minimum atomic E-state index is -4.56. The molecule has 2 saturated carbocycles. The van der Waals surface area contributed by atoms with E-state index >= 15 is 4.39 Å². The number of alkyl halides is 4. The van der Waals surface area contributed by atoms with Crippen LogP contribution in [0.15, 0.2) is 6.20 Å². The van der Waals surface area contributed by atoms with Crippen molar-refractivity contribution < 1.29 is 22.3 Å². The number of ether oxygens (including phenoxy) is 1. The minimum absolute atomic E-state index is 0.0387. The summed E-state index contributed by atoms with van der Waals surface area (Å²) in [5, 5.41) is 6.52. The lowest BCUT2D eigenvalue weighted by Gasteiger charge is -2.36. The Morgan fingerprint density at radius 3 is 2.51 bits per heavy atom. The summed E-state index contributed by atoms with van der Waals surface area (Å²) in [6.45, 7) is 4.06. The van der Waals surface area contributed by atoms with E-state index < -0.39 is 24.3 Å². The van der Waals surface area contributed by atoms with E-state index in [0.29, 0.717) is 61.6 Å². The molecular formula is C25H37F4N7O. The highest BCUT2D eigenvalue weighted by Gasteiger charge is 2.49. The topological polar surface area (TPSA) is 103 Å². The van der Waals surface area contributed by atoms with Crippen LogP contribution in [0.5, 0.6) is 0 Å². The first-order valence-electron chi connectivity index (χ1n) is 13.4. The SMILES string of the molecule is CC1(Nc2ncc3nc(NC4CCCC(C(F)(F)F)C4F)n(C4CCC(CN)CC4)c3n2)CCOCC1. The first-order valence-corrected chi connectivity index (χ1v) is 13.4. The number of nitrogens with two attached hydrogens (primary N) is 1. The Balaban J connectivity index is 1.47. The molecular weight excluding hydrogens is 490 g/mol. The van der Waals surface area contributed by atoms with E-state index in [1.165, 1.54) is 0 Å². The molecule has 5 rings (SSSR count). The van der Waals surface area contributed by atoms with Gasteiger partial charge in [-0.1, -0.05) is 6.42 Å². The summed E-state index contributed by atoms with van der Waals surface area (Å²) in [4.78, 5) is 13.9. The van der Waals surface area contributed by atoms with Gasteiger partial charge < -0.3 is 21.1 Å². The summed E-state index contributed by atoms with van der Waals surface area (Å²) < 4.78 is 62.9. The van der Waals surface area contributed by atoms with Gasteiger partial charge in [-0.3, -0.25) is 4.57 Å². The molecule has 0 aromatic carbocycles. The average Bonchev–Trinajstić information content (AvgIpc) is 3.22. The Bertz CT molecular complexity index is 1060. The van der Waals surface area contributed by atoms with Crippen molar-refractivity contribution in [3.05, 3.63) is 6.20 Å². The summed E-state index contributed by atoms with van der Waals surface area (Å²) in [5.41, 5.74) is 6.83. The zero-order chi connectivity index (χ0) is 26.2. The van der Waals surface area contributed by atoms with Crippen LogP contribution in [0.1, 0.15) is 70.8 Å². The van der Waals surface area contributed by atoms with Crippen LogP contribution in [0.4, 0.5) is 29.5 Å². The van der Waals surface area contributed by atoms with Gasteiger partial charge in [-0.15, -0.1) is 0 Å². The molecule has 0 bridgehead atoms. The number of rotatable bonds is 6. The summed E-state index contributed by atoms with van der Waals surface area (Å²) in [6, 6.07) is -0.931. The van der Waals surface area contributed by atoms with Gasteiger partial charge in [-0.05, 0) is 70.8 Å². The molecule has 0 radical (unpaired) electrons. The largest absolute Gasteiger partial charge is 0.394 e. The van der Waals surface area contributed by atoms with Crippen LogP contribution < -0.4 is 16.4 Å². The molecule has 2 aromatic heterocycles. The third-order valence-corrected chi connectivity index (χ3v) is 8.49. The first kappa shape index (κ1) is 26.4. The molecule has 8 nitrogen and oxygen atoms in total.